The summed E-state index contributed by atoms with van der Waals surface area (Å²) in [6, 6.07) is 0.100. The van der Waals surface area contributed by atoms with E-state index >= 15 is 0 Å². The Morgan fingerprint density at radius 1 is 1.44 bits per heavy atom. The minimum absolute atomic E-state index is 0.100. The molecule has 3 nitrogen and oxygen atoms in total. The van der Waals surface area contributed by atoms with E-state index in [0.717, 1.165) is 6.54 Å². The van der Waals surface area contributed by atoms with Crippen LogP contribution in [0, 0.1) is 5.92 Å². The lowest BCUT2D eigenvalue weighted by Gasteiger charge is -2.17. The average Bonchev–Trinajstić information content (AvgIpc) is 2.71. The number of unbranched alkanes of at least 4 members (excludes halogenated alkanes) is 1. The number of aromatic nitrogens is 2. The van der Waals surface area contributed by atoms with Crippen LogP contribution >= 0.6 is 11.8 Å². The molecule has 92 valence electrons. The lowest BCUT2D eigenvalue weighted by Crippen LogP contribution is -2.20. The molecule has 1 rings (SSSR count). The lowest BCUT2D eigenvalue weighted by molar-refractivity contribution is 0.472. The summed E-state index contributed by atoms with van der Waals surface area (Å²) in [5.41, 5.74) is 7.31. The molecule has 1 aromatic heterocycles. The molecule has 16 heavy (non-hydrogen) atoms. The van der Waals surface area contributed by atoms with Gasteiger partial charge in [0.1, 0.15) is 0 Å². The van der Waals surface area contributed by atoms with E-state index in [1.54, 1.807) is 0 Å². The Morgan fingerprint density at radius 2 is 2.19 bits per heavy atom. The number of nitrogens with two attached hydrogens (primary N) is 1. The summed E-state index contributed by atoms with van der Waals surface area (Å²) in [6.45, 7) is 5.34. The quantitative estimate of drug-likeness (QED) is 0.746. The molecule has 1 heterocycles. The molecule has 1 aromatic rings. The molecule has 0 spiro atoms. The molecule has 0 bridgehead atoms. The highest BCUT2D eigenvalue weighted by Crippen LogP contribution is 2.18. The third-order valence-electron chi connectivity index (χ3n) is 2.80. The first-order valence-corrected chi connectivity index (χ1v) is 7.30. The van der Waals surface area contributed by atoms with Crippen molar-refractivity contribution < 1.29 is 0 Å². The van der Waals surface area contributed by atoms with E-state index in [-0.39, 0.29) is 6.04 Å². The van der Waals surface area contributed by atoms with Crippen LogP contribution in [0.25, 0.3) is 0 Å². The fourth-order valence-electron chi connectivity index (χ4n) is 1.67. The van der Waals surface area contributed by atoms with Crippen molar-refractivity contribution in [1.29, 1.82) is 0 Å². The van der Waals surface area contributed by atoms with Crippen LogP contribution in [0.15, 0.2) is 12.5 Å². The number of aryl methyl sites for hydroxylation is 1. The first kappa shape index (κ1) is 13.6. The van der Waals surface area contributed by atoms with E-state index in [4.69, 9.17) is 5.73 Å². The van der Waals surface area contributed by atoms with Crippen molar-refractivity contribution in [3.05, 3.63) is 18.2 Å². The molecule has 0 aliphatic carbocycles. The summed E-state index contributed by atoms with van der Waals surface area (Å²) >= 11 is 1.90. The van der Waals surface area contributed by atoms with Gasteiger partial charge in [0.05, 0.1) is 12.0 Å². The summed E-state index contributed by atoms with van der Waals surface area (Å²) in [5, 5.41) is 0. The predicted molar refractivity (Wildman–Crippen MR) is 71.6 cm³/mol. The molecule has 1 atom stereocenters. The number of hydrogen-bond acceptors (Lipinski definition) is 3. The first-order chi connectivity index (χ1) is 7.66. The van der Waals surface area contributed by atoms with Gasteiger partial charge in [-0.15, -0.1) is 0 Å². The Hall–Kier alpha value is -0.480. The zero-order valence-corrected chi connectivity index (χ0v) is 11.3. The number of nitrogens with zero attached hydrogens (tertiary/aromatic N) is 2. The van der Waals surface area contributed by atoms with Crippen LogP contribution in [0.1, 0.15) is 38.4 Å². The largest absolute Gasteiger partial charge is 0.333 e. The molecule has 0 saturated carbocycles. The molecule has 0 radical (unpaired) electrons. The van der Waals surface area contributed by atoms with Crippen LogP contribution in [-0.2, 0) is 6.54 Å². The maximum absolute atomic E-state index is 6.15. The van der Waals surface area contributed by atoms with Crippen LogP contribution in [-0.4, -0.2) is 21.6 Å². The molecule has 0 fully saturated rings. The lowest BCUT2D eigenvalue weighted by atomic mass is 10.0. The predicted octanol–water partition coefficient (Wildman–Crippen LogP) is 2.68. The second kappa shape index (κ2) is 6.97. The normalized spacial score (nSPS) is 13.3. The maximum atomic E-state index is 6.15. The van der Waals surface area contributed by atoms with Crippen molar-refractivity contribution in [2.24, 2.45) is 11.7 Å². The Morgan fingerprint density at radius 3 is 2.81 bits per heavy atom. The van der Waals surface area contributed by atoms with Gasteiger partial charge < -0.3 is 10.3 Å². The fraction of sp³-hybridized carbons (Fsp3) is 0.750. The third kappa shape index (κ3) is 3.83. The van der Waals surface area contributed by atoms with E-state index in [1.807, 2.05) is 24.3 Å². The Balaban J connectivity index is 2.50. The highest BCUT2D eigenvalue weighted by molar-refractivity contribution is 7.98. The number of rotatable bonds is 7. The Labute approximate surface area is 103 Å². The SMILES string of the molecule is CSCCCCn1cncc1C(N)C(C)C. The summed E-state index contributed by atoms with van der Waals surface area (Å²) in [6.07, 6.45) is 8.41. The van der Waals surface area contributed by atoms with E-state index in [9.17, 15) is 0 Å². The van der Waals surface area contributed by atoms with Crippen molar-refractivity contribution >= 4 is 11.8 Å². The van der Waals surface area contributed by atoms with E-state index in [2.05, 4.69) is 29.7 Å². The minimum Gasteiger partial charge on any atom is -0.333 e. The van der Waals surface area contributed by atoms with Crippen LogP contribution in [0.2, 0.25) is 0 Å². The Bertz CT molecular complexity index is 296. The van der Waals surface area contributed by atoms with Gasteiger partial charge in [0.2, 0.25) is 0 Å². The highest BCUT2D eigenvalue weighted by Gasteiger charge is 2.14. The molecule has 2 N–H and O–H groups in total. The molecule has 0 saturated heterocycles. The van der Waals surface area contributed by atoms with Gasteiger partial charge in [-0.3, -0.25) is 0 Å². The van der Waals surface area contributed by atoms with Crippen molar-refractivity contribution in [3.8, 4) is 0 Å². The summed E-state index contributed by atoms with van der Waals surface area (Å²) in [5.74, 6) is 1.70. The van der Waals surface area contributed by atoms with Gasteiger partial charge in [-0.1, -0.05) is 13.8 Å². The zero-order valence-electron chi connectivity index (χ0n) is 10.5. The molecule has 0 aromatic carbocycles. The standard InChI is InChI=1S/C12H23N3S/c1-10(2)12(13)11-8-14-9-15(11)6-4-5-7-16-3/h8-10,12H,4-7,13H2,1-3H3. The van der Waals surface area contributed by atoms with Gasteiger partial charge >= 0.3 is 0 Å². The van der Waals surface area contributed by atoms with Gasteiger partial charge in [-0.25, -0.2) is 4.98 Å². The molecular formula is C12H23N3S. The van der Waals surface area contributed by atoms with Crippen LogP contribution in [0.4, 0.5) is 0 Å². The van der Waals surface area contributed by atoms with Gasteiger partial charge in [-0.2, -0.15) is 11.8 Å². The highest BCUT2D eigenvalue weighted by atomic mass is 32.2. The van der Waals surface area contributed by atoms with Crippen molar-refractivity contribution in [2.75, 3.05) is 12.0 Å². The summed E-state index contributed by atoms with van der Waals surface area (Å²) in [7, 11) is 0. The van der Waals surface area contributed by atoms with Crippen molar-refractivity contribution in [1.82, 2.24) is 9.55 Å². The summed E-state index contributed by atoms with van der Waals surface area (Å²) in [4.78, 5) is 4.20. The molecule has 0 amide bonds. The maximum Gasteiger partial charge on any atom is 0.0948 e. The van der Waals surface area contributed by atoms with E-state index in [0.29, 0.717) is 5.92 Å². The fourth-order valence-corrected chi connectivity index (χ4v) is 2.16. The topological polar surface area (TPSA) is 43.8 Å². The molecular weight excluding hydrogens is 218 g/mol. The van der Waals surface area contributed by atoms with Crippen LogP contribution in [0.3, 0.4) is 0 Å². The molecule has 0 aliphatic heterocycles. The minimum atomic E-state index is 0.100. The van der Waals surface area contributed by atoms with Crippen LogP contribution < -0.4 is 5.73 Å². The average molecular weight is 241 g/mol. The van der Waals surface area contributed by atoms with Crippen LogP contribution in [0.5, 0.6) is 0 Å². The smallest absolute Gasteiger partial charge is 0.0948 e. The van der Waals surface area contributed by atoms with Gasteiger partial charge in [0.15, 0.2) is 0 Å². The molecule has 4 heteroatoms. The number of thioether (sulfide) groups is 1. The second-order valence-corrected chi connectivity index (χ2v) is 5.47. The number of imidazole rings is 1. The van der Waals surface area contributed by atoms with Gasteiger partial charge in [0.25, 0.3) is 0 Å². The Kier molecular flexibility index (Phi) is 5.91. The zero-order chi connectivity index (χ0) is 12.0. The second-order valence-electron chi connectivity index (χ2n) is 4.48. The monoisotopic (exact) mass is 241 g/mol. The number of hydrogen-bond donors (Lipinski definition) is 1. The summed E-state index contributed by atoms with van der Waals surface area (Å²) < 4.78 is 2.20. The van der Waals surface area contributed by atoms with Crippen molar-refractivity contribution in [3.63, 3.8) is 0 Å². The van der Waals surface area contributed by atoms with E-state index in [1.165, 1.54) is 24.3 Å². The first-order valence-electron chi connectivity index (χ1n) is 5.91. The van der Waals surface area contributed by atoms with Gasteiger partial charge in [0, 0.05) is 18.8 Å². The third-order valence-corrected chi connectivity index (χ3v) is 3.50. The van der Waals surface area contributed by atoms with E-state index < -0.39 is 0 Å². The molecule has 0 aliphatic rings. The molecule has 1 unspecified atom stereocenters. The van der Waals surface area contributed by atoms with Gasteiger partial charge in [-0.05, 0) is 30.8 Å². The van der Waals surface area contributed by atoms with Crippen molar-refractivity contribution in [2.45, 2.75) is 39.3 Å².